The predicted molar refractivity (Wildman–Crippen MR) is 81.8 cm³/mol. The van der Waals surface area contributed by atoms with Crippen LogP contribution in [0.2, 0.25) is 0 Å². The summed E-state index contributed by atoms with van der Waals surface area (Å²) in [6, 6.07) is 11.5. The lowest BCUT2D eigenvalue weighted by Gasteiger charge is -2.18. The van der Waals surface area contributed by atoms with E-state index in [2.05, 4.69) is 5.32 Å². The fourth-order valence-corrected chi connectivity index (χ4v) is 2.20. The lowest BCUT2D eigenvalue weighted by atomic mass is 10.2. The van der Waals surface area contributed by atoms with Crippen LogP contribution in [0.1, 0.15) is 18.7 Å². The van der Waals surface area contributed by atoms with Crippen LogP contribution in [0.4, 0.5) is 5.69 Å². The summed E-state index contributed by atoms with van der Waals surface area (Å²) in [5.41, 5.74) is 1.13. The Labute approximate surface area is 123 Å². The third kappa shape index (κ3) is 3.13. The third-order valence-electron chi connectivity index (χ3n) is 3.33. The topological polar surface area (TPSA) is 60.3 Å². The molecule has 21 heavy (non-hydrogen) atoms. The van der Waals surface area contributed by atoms with E-state index in [1.165, 1.54) is 10.6 Å². The summed E-state index contributed by atoms with van der Waals surface area (Å²) in [6.45, 7) is 3.49. The number of aryl methyl sites for hydroxylation is 1. The number of methoxy groups -OCH3 is 1. The van der Waals surface area contributed by atoms with Crippen molar-refractivity contribution in [3.8, 4) is 5.75 Å². The van der Waals surface area contributed by atoms with E-state index in [1.807, 2.05) is 12.1 Å². The number of anilines is 1. The van der Waals surface area contributed by atoms with Gasteiger partial charge in [-0.3, -0.25) is 9.59 Å². The van der Waals surface area contributed by atoms with Crippen molar-refractivity contribution in [2.24, 2.45) is 0 Å². The number of benzene rings is 1. The normalized spacial score (nSPS) is 11.8. The standard InChI is InChI=1S/C16H18N2O3/c1-11-7-6-10-15(19)18(11)12(2)16(20)17-13-8-4-5-9-14(13)21-3/h4-10,12H,1-3H3,(H,17,20). The van der Waals surface area contributed by atoms with Crippen molar-refractivity contribution < 1.29 is 9.53 Å². The Morgan fingerprint density at radius 1 is 1.19 bits per heavy atom. The van der Waals surface area contributed by atoms with Gasteiger partial charge in [-0.2, -0.15) is 0 Å². The molecule has 1 aromatic heterocycles. The second-order valence-corrected chi connectivity index (χ2v) is 4.74. The molecule has 0 saturated heterocycles. The largest absolute Gasteiger partial charge is 0.495 e. The van der Waals surface area contributed by atoms with Gasteiger partial charge in [0.2, 0.25) is 5.91 Å². The van der Waals surface area contributed by atoms with Crippen LogP contribution in [0.15, 0.2) is 47.3 Å². The van der Waals surface area contributed by atoms with Crippen molar-refractivity contribution in [3.05, 3.63) is 58.5 Å². The van der Waals surface area contributed by atoms with Crippen LogP contribution in [-0.2, 0) is 4.79 Å². The zero-order valence-electron chi connectivity index (χ0n) is 12.3. The Balaban J connectivity index is 2.26. The van der Waals surface area contributed by atoms with E-state index in [4.69, 9.17) is 4.74 Å². The number of para-hydroxylation sites is 2. The maximum Gasteiger partial charge on any atom is 0.251 e. The molecule has 1 N–H and O–H groups in total. The van der Waals surface area contributed by atoms with Gasteiger partial charge in [-0.15, -0.1) is 0 Å². The summed E-state index contributed by atoms with van der Waals surface area (Å²) < 4.78 is 6.66. The Kier molecular flexibility index (Phi) is 4.42. The van der Waals surface area contributed by atoms with Crippen LogP contribution in [0, 0.1) is 6.92 Å². The Morgan fingerprint density at radius 2 is 1.90 bits per heavy atom. The fourth-order valence-electron chi connectivity index (χ4n) is 2.20. The lowest BCUT2D eigenvalue weighted by molar-refractivity contribution is -0.118. The minimum Gasteiger partial charge on any atom is -0.495 e. The van der Waals surface area contributed by atoms with Crippen molar-refractivity contribution in [2.75, 3.05) is 12.4 Å². The summed E-state index contributed by atoms with van der Waals surface area (Å²) in [5, 5.41) is 2.79. The van der Waals surface area contributed by atoms with Gasteiger partial charge < -0.3 is 14.6 Å². The molecule has 0 aliphatic heterocycles. The molecule has 1 aromatic carbocycles. The average Bonchev–Trinajstić information content (AvgIpc) is 2.47. The maximum atomic E-state index is 12.4. The number of rotatable bonds is 4. The smallest absolute Gasteiger partial charge is 0.251 e. The van der Waals surface area contributed by atoms with Crippen molar-refractivity contribution in [3.63, 3.8) is 0 Å². The van der Waals surface area contributed by atoms with Gasteiger partial charge in [-0.25, -0.2) is 0 Å². The Morgan fingerprint density at radius 3 is 2.57 bits per heavy atom. The molecular formula is C16H18N2O3. The predicted octanol–water partition coefficient (Wildman–Crippen LogP) is 2.37. The molecule has 5 heteroatoms. The second-order valence-electron chi connectivity index (χ2n) is 4.74. The molecule has 2 rings (SSSR count). The Bertz CT molecular complexity index is 707. The molecule has 0 spiro atoms. The molecule has 0 bridgehead atoms. The van der Waals surface area contributed by atoms with Crippen molar-refractivity contribution >= 4 is 11.6 Å². The number of nitrogens with zero attached hydrogens (tertiary/aromatic N) is 1. The first kappa shape index (κ1) is 14.8. The van der Waals surface area contributed by atoms with Crippen LogP contribution >= 0.6 is 0 Å². The van der Waals surface area contributed by atoms with Gasteiger partial charge in [0.05, 0.1) is 12.8 Å². The van der Waals surface area contributed by atoms with Gasteiger partial charge in [0.25, 0.3) is 5.56 Å². The number of ether oxygens (including phenoxy) is 1. The highest BCUT2D eigenvalue weighted by Crippen LogP contribution is 2.24. The molecule has 0 radical (unpaired) electrons. The molecule has 110 valence electrons. The minimum absolute atomic E-state index is 0.197. The van der Waals surface area contributed by atoms with E-state index in [0.29, 0.717) is 11.4 Å². The molecule has 5 nitrogen and oxygen atoms in total. The van der Waals surface area contributed by atoms with E-state index in [0.717, 1.165) is 5.69 Å². The molecule has 0 aliphatic rings. The third-order valence-corrected chi connectivity index (χ3v) is 3.33. The van der Waals surface area contributed by atoms with Gasteiger partial charge in [0, 0.05) is 11.8 Å². The molecule has 1 unspecified atom stereocenters. The van der Waals surface area contributed by atoms with E-state index < -0.39 is 6.04 Å². The van der Waals surface area contributed by atoms with Gasteiger partial charge in [0.1, 0.15) is 11.8 Å². The average molecular weight is 286 g/mol. The van der Waals surface area contributed by atoms with E-state index >= 15 is 0 Å². The number of carbonyl (C=O) groups is 1. The number of hydrogen-bond donors (Lipinski definition) is 1. The van der Waals surface area contributed by atoms with Crippen LogP contribution in [0.25, 0.3) is 0 Å². The second kappa shape index (κ2) is 6.26. The SMILES string of the molecule is COc1ccccc1NC(=O)C(C)n1c(C)cccc1=O. The first-order valence-corrected chi connectivity index (χ1v) is 6.66. The molecule has 0 fully saturated rings. The number of hydrogen-bond acceptors (Lipinski definition) is 3. The highest BCUT2D eigenvalue weighted by Gasteiger charge is 2.18. The van der Waals surface area contributed by atoms with E-state index in [9.17, 15) is 9.59 Å². The summed E-state index contributed by atoms with van der Waals surface area (Å²) in [6.07, 6.45) is 0. The summed E-state index contributed by atoms with van der Waals surface area (Å²) in [4.78, 5) is 24.3. The Hall–Kier alpha value is -2.56. The van der Waals surface area contributed by atoms with Gasteiger partial charge >= 0.3 is 0 Å². The fraction of sp³-hybridized carbons (Fsp3) is 0.250. The summed E-state index contributed by atoms with van der Waals surface area (Å²) in [7, 11) is 1.54. The highest BCUT2D eigenvalue weighted by atomic mass is 16.5. The number of amides is 1. The van der Waals surface area contributed by atoms with Gasteiger partial charge in [0.15, 0.2) is 0 Å². The summed E-state index contributed by atoms with van der Waals surface area (Å²) >= 11 is 0. The van der Waals surface area contributed by atoms with Crippen LogP contribution in [0.5, 0.6) is 5.75 Å². The van der Waals surface area contributed by atoms with Crippen molar-refractivity contribution in [2.45, 2.75) is 19.9 Å². The number of carbonyl (C=O) groups excluding carboxylic acids is 1. The molecule has 2 aromatic rings. The molecular weight excluding hydrogens is 268 g/mol. The zero-order valence-corrected chi connectivity index (χ0v) is 12.3. The summed E-state index contributed by atoms with van der Waals surface area (Å²) in [5.74, 6) is 0.311. The number of aromatic nitrogens is 1. The molecule has 1 heterocycles. The molecule has 1 amide bonds. The molecule has 1 atom stereocenters. The molecule has 0 aliphatic carbocycles. The van der Waals surface area contributed by atoms with Crippen molar-refractivity contribution in [1.29, 1.82) is 0 Å². The van der Waals surface area contributed by atoms with Crippen LogP contribution in [0.3, 0.4) is 0 Å². The van der Waals surface area contributed by atoms with Crippen LogP contribution in [-0.4, -0.2) is 17.6 Å². The van der Waals surface area contributed by atoms with Crippen molar-refractivity contribution in [1.82, 2.24) is 4.57 Å². The number of nitrogens with one attached hydrogen (secondary N) is 1. The first-order valence-electron chi connectivity index (χ1n) is 6.66. The lowest BCUT2D eigenvalue weighted by Crippen LogP contribution is -2.32. The van der Waals surface area contributed by atoms with E-state index in [-0.39, 0.29) is 11.5 Å². The zero-order chi connectivity index (χ0) is 15.4. The van der Waals surface area contributed by atoms with Gasteiger partial charge in [-0.05, 0) is 32.0 Å². The van der Waals surface area contributed by atoms with Gasteiger partial charge in [-0.1, -0.05) is 18.2 Å². The maximum absolute atomic E-state index is 12.4. The highest BCUT2D eigenvalue weighted by molar-refractivity contribution is 5.94. The first-order chi connectivity index (χ1) is 10.0. The van der Waals surface area contributed by atoms with Crippen LogP contribution < -0.4 is 15.6 Å². The minimum atomic E-state index is -0.608. The van der Waals surface area contributed by atoms with E-state index in [1.54, 1.807) is 45.2 Å². The number of pyridine rings is 1. The molecule has 0 saturated carbocycles. The quantitative estimate of drug-likeness (QED) is 0.938. The monoisotopic (exact) mass is 286 g/mol.